The summed E-state index contributed by atoms with van der Waals surface area (Å²) in [5.41, 5.74) is 3.43. The van der Waals surface area contributed by atoms with Gasteiger partial charge in [0, 0.05) is 36.4 Å². The molecule has 1 aliphatic heterocycles. The molecule has 1 aromatic heterocycles. The number of halogens is 3. The summed E-state index contributed by atoms with van der Waals surface area (Å²) < 4.78 is 0. The Labute approximate surface area is 135 Å². The van der Waals surface area contributed by atoms with Crippen molar-refractivity contribution in [2.75, 3.05) is 5.32 Å². The average Bonchev–Trinajstić information content (AvgIpc) is 2.85. The Hall–Kier alpha value is -1.07. The molecule has 0 saturated carbocycles. The van der Waals surface area contributed by atoms with Crippen molar-refractivity contribution >= 4 is 42.4 Å². The SMILES string of the molecule is Cl.Cl.Clc1ccc(CNc2ncc3c(n2)CNC3)cc1. The van der Waals surface area contributed by atoms with Gasteiger partial charge in [-0.1, -0.05) is 23.7 Å². The molecular formula is C13H15Cl3N4. The molecule has 1 aromatic carbocycles. The van der Waals surface area contributed by atoms with E-state index in [1.165, 1.54) is 5.56 Å². The van der Waals surface area contributed by atoms with E-state index >= 15 is 0 Å². The molecule has 4 nitrogen and oxygen atoms in total. The van der Waals surface area contributed by atoms with E-state index in [1.807, 2.05) is 30.5 Å². The van der Waals surface area contributed by atoms with Gasteiger partial charge in [0.2, 0.25) is 5.95 Å². The number of nitrogens with one attached hydrogen (secondary N) is 2. The van der Waals surface area contributed by atoms with Crippen LogP contribution in [0.4, 0.5) is 5.95 Å². The Morgan fingerprint density at radius 2 is 1.90 bits per heavy atom. The normalized spacial score (nSPS) is 12.1. The minimum absolute atomic E-state index is 0. The number of nitrogens with zero attached hydrogens (tertiary/aromatic N) is 2. The van der Waals surface area contributed by atoms with Crippen molar-refractivity contribution in [3.05, 3.63) is 52.3 Å². The lowest BCUT2D eigenvalue weighted by Gasteiger charge is -2.06. The molecule has 0 spiro atoms. The second-order valence-corrected chi connectivity index (χ2v) is 4.69. The van der Waals surface area contributed by atoms with Gasteiger partial charge >= 0.3 is 0 Å². The first-order valence-electron chi connectivity index (χ1n) is 5.85. The van der Waals surface area contributed by atoms with Crippen molar-refractivity contribution in [3.63, 3.8) is 0 Å². The summed E-state index contributed by atoms with van der Waals surface area (Å²) in [6.45, 7) is 2.39. The molecule has 1 aliphatic rings. The first-order valence-corrected chi connectivity index (χ1v) is 6.23. The largest absolute Gasteiger partial charge is 0.350 e. The van der Waals surface area contributed by atoms with Gasteiger partial charge in [-0.3, -0.25) is 0 Å². The fourth-order valence-corrected chi connectivity index (χ4v) is 2.05. The molecule has 0 aliphatic carbocycles. The molecule has 2 N–H and O–H groups in total. The summed E-state index contributed by atoms with van der Waals surface area (Å²) in [5, 5.41) is 7.22. The third-order valence-corrected chi connectivity index (χ3v) is 3.18. The van der Waals surface area contributed by atoms with Gasteiger partial charge < -0.3 is 10.6 Å². The van der Waals surface area contributed by atoms with Crippen molar-refractivity contribution in [2.45, 2.75) is 19.6 Å². The molecule has 0 fully saturated rings. The maximum Gasteiger partial charge on any atom is 0.223 e. The number of hydrogen-bond donors (Lipinski definition) is 2. The quantitative estimate of drug-likeness (QED) is 0.906. The summed E-state index contributed by atoms with van der Waals surface area (Å²) in [7, 11) is 0. The Balaban J connectivity index is 0.000001000. The Kier molecular flexibility index (Phi) is 6.49. The van der Waals surface area contributed by atoms with Crippen LogP contribution in [-0.4, -0.2) is 9.97 Å². The molecule has 0 amide bonds. The molecule has 7 heteroatoms. The highest BCUT2D eigenvalue weighted by atomic mass is 35.5. The van der Waals surface area contributed by atoms with E-state index in [-0.39, 0.29) is 24.8 Å². The first kappa shape index (κ1) is 17.0. The molecule has 0 saturated heterocycles. The molecule has 0 bridgehead atoms. The zero-order valence-electron chi connectivity index (χ0n) is 10.6. The predicted octanol–water partition coefficient (Wildman–Crippen LogP) is 3.19. The third-order valence-electron chi connectivity index (χ3n) is 2.93. The van der Waals surface area contributed by atoms with Crippen molar-refractivity contribution in [1.82, 2.24) is 15.3 Å². The average molecular weight is 334 g/mol. The van der Waals surface area contributed by atoms with Crippen LogP contribution in [0.3, 0.4) is 0 Å². The maximum absolute atomic E-state index is 5.84. The Morgan fingerprint density at radius 1 is 1.15 bits per heavy atom. The standard InChI is InChI=1S/C13H13ClN4.2ClH/c14-11-3-1-9(2-4-11)5-16-13-17-7-10-6-15-8-12(10)18-13;;/h1-4,7,15H,5-6,8H2,(H,16,17,18);2*1H. The summed E-state index contributed by atoms with van der Waals surface area (Å²) in [6.07, 6.45) is 1.88. The lowest BCUT2D eigenvalue weighted by Crippen LogP contribution is -2.05. The molecule has 108 valence electrons. The number of hydrogen-bond acceptors (Lipinski definition) is 4. The lowest BCUT2D eigenvalue weighted by atomic mass is 10.2. The molecular weight excluding hydrogens is 319 g/mol. The first-order chi connectivity index (χ1) is 8.81. The van der Waals surface area contributed by atoms with E-state index in [4.69, 9.17) is 11.6 Å². The molecule has 3 rings (SSSR count). The van der Waals surface area contributed by atoms with Crippen LogP contribution in [0.2, 0.25) is 5.02 Å². The maximum atomic E-state index is 5.84. The molecule has 2 heterocycles. The molecule has 0 unspecified atom stereocenters. The van der Waals surface area contributed by atoms with Gasteiger partial charge in [-0.15, -0.1) is 24.8 Å². The highest BCUT2D eigenvalue weighted by molar-refractivity contribution is 6.30. The third kappa shape index (κ3) is 3.96. The van der Waals surface area contributed by atoms with Gasteiger partial charge in [-0.25, -0.2) is 9.97 Å². The zero-order valence-corrected chi connectivity index (χ0v) is 13.0. The smallest absolute Gasteiger partial charge is 0.223 e. The highest BCUT2D eigenvalue weighted by Gasteiger charge is 2.12. The van der Waals surface area contributed by atoms with Gasteiger partial charge in [0.1, 0.15) is 0 Å². The van der Waals surface area contributed by atoms with Crippen LogP contribution in [-0.2, 0) is 19.6 Å². The molecule has 0 atom stereocenters. The van der Waals surface area contributed by atoms with Crippen LogP contribution in [0, 0.1) is 0 Å². The van der Waals surface area contributed by atoms with Gasteiger partial charge in [0.05, 0.1) is 5.69 Å². The second-order valence-electron chi connectivity index (χ2n) is 4.25. The van der Waals surface area contributed by atoms with E-state index in [1.54, 1.807) is 0 Å². The van der Waals surface area contributed by atoms with Crippen LogP contribution in [0.1, 0.15) is 16.8 Å². The van der Waals surface area contributed by atoms with Crippen molar-refractivity contribution < 1.29 is 0 Å². The van der Waals surface area contributed by atoms with E-state index in [9.17, 15) is 0 Å². The van der Waals surface area contributed by atoms with Gasteiger partial charge in [-0.2, -0.15) is 0 Å². The monoisotopic (exact) mass is 332 g/mol. The minimum Gasteiger partial charge on any atom is -0.350 e. The molecule has 20 heavy (non-hydrogen) atoms. The molecule has 2 aromatic rings. The van der Waals surface area contributed by atoms with Crippen molar-refractivity contribution in [3.8, 4) is 0 Å². The van der Waals surface area contributed by atoms with Crippen LogP contribution < -0.4 is 10.6 Å². The van der Waals surface area contributed by atoms with Gasteiger partial charge in [-0.05, 0) is 17.7 Å². The van der Waals surface area contributed by atoms with Crippen LogP contribution in [0.15, 0.2) is 30.5 Å². The number of aromatic nitrogens is 2. The highest BCUT2D eigenvalue weighted by Crippen LogP contribution is 2.14. The van der Waals surface area contributed by atoms with Crippen molar-refractivity contribution in [2.24, 2.45) is 0 Å². The van der Waals surface area contributed by atoms with Crippen molar-refractivity contribution in [1.29, 1.82) is 0 Å². The van der Waals surface area contributed by atoms with E-state index < -0.39 is 0 Å². The number of benzene rings is 1. The lowest BCUT2D eigenvalue weighted by molar-refractivity contribution is 0.757. The Morgan fingerprint density at radius 3 is 2.65 bits per heavy atom. The van der Waals surface area contributed by atoms with Crippen LogP contribution >= 0.6 is 36.4 Å². The van der Waals surface area contributed by atoms with Gasteiger partial charge in [0.25, 0.3) is 0 Å². The number of anilines is 1. The minimum atomic E-state index is 0. The molecule has 0 radical (unpaired) electrons. The number of rotatable bonds is 3. The van der Waals surface area contributed by atoms with Crippen LogP contribution in [0.25, 0.3) is 0 Å². The van der Waals surface area contributed by atoms with E-state index in [0.717, 1.165) is 29.4 Å². The van der Waals surface area contributed by atoms with Crippen LogP contribution in [0.5, 0.6) is 0 Å². The fourth-order valence-electron chi connectivity index (χ4n) is 1.93. The summed E-state index contributed by atoms with van der Waals surface area (Å²) in [5.74, 6) is 0.674. The van der Waals surface area contributed by atoms with E-state index in [2.05, 4.69) is 20.6 Å². The topological polar surface area (TPSA) is 49.8 Å². The fraction of sp³-hybridized carbons (Fsp3) is 0.231. The predicted molar refractivity (Wildman–Crippen MR) is 85.9 cm³/mol. The van der Waals surface area contributed by atoms with Gasteiger partial charge in [0.15, 0.2) is 0 Å². The number of fused-ring (bicyclic) bond motifs is 1. The summed E-state index contributed by atoms with van der Waals surface area (Å²) in [4.78, 5) is 8.77. The Bertz CT molecular complexity index is 560. The zero-order chi connectivity index (χ0) is 12.4. The van der Waals surface area contributed by atoms with E-state index in [0.29, 0.717) is 12.5 Å². The summed E-state index contributed by atoms with van der Waals surface area (Å²) in [6, 6.07) is 7.74. The summed E-state index contributed by atoms with van der Waals surface area (Å²) >= 11 is 5.84. The second kappa shape index (κ2) is 7.64.